The van der Waals surface area contributed by atoms with Crippen LogP contribution < -0.4 is 5.73 Å². The van der Waals surface area contributed by atoms with Crippen LogP contribution in [0.2, 0.25) is 0 Å². The Morgan fingerprint density at radius 3 is 2.31 bits per heavy atom. The first-order valence-electron chi connectivity index (χ1n) is 6.05. The standard InChI is InChI=1S/C12H23N/c13-9-8-12(6-7-12)10-11-4-2-1-3-5-11/h11H,1-10,13H2. The van der Waals surface area contributed by atoms with E-state index in [4.69, 9.17) is 5.73 Å². The van der Waals surface area contributed by atoms with Gasteiger partial charge in [-0.1, -0.05) is 32.1 Å². The number of hydrogen-bond donors (Lipinski definition) is 1. The van der Waals surface area contributed by atoms with Gasteiger partial charge in [-0.2, -0.15) is 0 Å². The van der Waals surface area contributed by atoms with Gasteiger partial charge in [0.15, 0.2) is 0 Å². The molecule has 0 spiro atoms. The largest absolute Gasteiger partial charge is 0.330 e. The van der Waals surface area contributed by atoms with Crippen molar-refractivity contribution < 1.29 is 0 Å². The number of hydrogen-bond acceptors (Lipinski definition) is 1. The van der Waals surface area contributed by atoms with Crippen molar-refractivity contribution in [2.45, 2.75) is 57.8 Å². The first-order valence-corrected chi connectivity index (χ1v) is 6.05. The maximum atomic E-state index is 5.66. The van der Waals surface area contributed by atoms with Gasteiger partial charge in [-0.3, -0.25) is 0 Å². The fraction of sp³-hybridized carbons (Fsp3) is 1.00. The van der Waals surface area contributed by atoms with E-state index in [0.29, 0.717) is 0 Å². The molecule has 0 amide bonds. The lowest BCUT2D eigenvalue weighted by Gasteiger charge is -2.26. The lowest BCUT2D eigenvalue weighted by molar-refractivity contribution is 0.267. The molecule has 2 fully saturated rings. The minimum atomic E-state index is 0.733. The van der Waals surface area contributed by atoms with E-state index in [9.17, 15) is 0 Å². The summed E-state index contributed by atoms with van der Waals surface area (Å²) in [4.78, 5) is 0. The number of rotatable bonds is 4. The van der Waals surface area contributed by atoms with Crippen LogP contribution in [0.15, 0.2) is 0 Å². The minimum Gasteiger partial charge on any atom is -0.330 e. The molecule has 2 saturated carbocycles. The second-order valence-electron chi connectivity index (χ2n) is 5.25. The highest BCUT2D eigenvalue weighted by atomic mass is 14.6. The van der Waals surface area contributed by atoms with Gasteiger partial charge in [-0.05, 0) is 43.6 Å². The smallest absolute Gasteiger partial charge is 0.00720 e. The summed E-state index contributed by atoms with van der Waals surface area (Å²) in [7, 11) is 0. The molecule has 0 aromatic carbocycles. The number of nitrogens with two attached hydrogens (primary N) is 1. The Hall–Kier alpha value is -0.0400. The summed E-state index contributed by atoms with van der Waals surface area (Å²) in [5.41, 5.74) is 6.39. The highest BCUT2D eigenvalue weighted by molar-refractivity contribution is 4.94. The van der Waals surface area contributed by atoms with Crippen LogP contribution in [0.25, 0.3) is 0 Å². The summed E-state index contributed by atoms with van der Waals surface area (Å²) in [5.74, 6) is 1.06. The van der Waals surface area contributed by atoms with E-state index in [0.717, 1.165) is 17.9 Å². The molecule has 0 aromatic rings. The van der Waals surface area contributed by atoms with E-state index in [1.54, 1.807) is 0 Å². The molecular weight excluding hydrogens is 158 g/mol. The maximum absolute atomic E-state index is 5.66. The first kappa shape index (κ1) is 9.51. The molecule has 1 nitrogen and oxygen atoms in total. The van der Waals surface area contributed by atoms with Gasteiger partial charge in [0, 0.05) is 0 Å². The molecule has 0 bridgehead atoms. The quantitative estimate of drug-likeness (QED) is 0.708. The third kappa shape index (κ3) is 2.46. The molecule has 0 saturated heterocycles. The molecule has 2 aliphatic rings. The molecule has 2 N–H and O–H groups in total. The SMILES string of the molecule is NCCC1(CC2CCCCC2)CC1. The zero-order valence-electron chi connectivity index (χ0n) is 8.73. The van der Waals surface area contributed by atoms with E-state index in [2.05, 4.69) is 0 Å². The molecule has 13 heavy (non-hydrogen) atoms. The Kier molecular flexibility index (Phi) is 2.92. The predicted octanol–water partition coefficient (Wildman–Crippen LogP) is 3.09. The second kappa shape index (κ2) is 4.00. The van der Waals surface area contributed by atoms with Crippen LogP contribution in [0.3, 0.4) is 0 Å². The maximum Gasteiger partial charge on any atom is -0.00720 e. The topological polar surface area (TPSA) is 26.0 Å². The van der Waals surface area contributed by atoms with Gasteiger partial charge in [-0.15, -0.1) is 0 Å². The Balaban J connectivity index is 1.76. The van der Waals surface area contributed by atoms with Crippen molar-refractivity contribution in [2.24, 2.45) is 17.1 Å². The van der Waals surface area contributed by atoms with Crippen LogP contribution in [0.4, 0.5) is 0 Å². The molecule has 0 radical (unpaired) electrons. The van der Waals surface area contributed by atoms with Crippen molar-refractivity contribution in [2.75, 3.05) is 6.54 Å². The monoisotopic (exact) mass is 181 g/mol. The summed E-state index contributed by atoms with van der Waals surface area (Å²) < 4.78 is 0. The molecule has 2 aliphatic carbocycles. The van der Waals surface area contributed by atoms with Crippen molar-refractivity contribution in [3.05, 3.63) is 0 Å². The Labute approximate surface area is 82.1 Å². The van der Waals surface area contributed by atoms with Crippen molar-refractivity contribution in [3.63, 3.8) is 0 Å². The molecular formula is C12H23N. The normalized spacial score (nSPS) is 27.5. The van der Waals surface area contributed by atoms with Gasteiger partial charge in [-0.25, -0.2) is 0 Å². The summed E-state index contributed by atoms with van der Waals surface area (Å²) in [6.45, 7) is 0.909. The average Bonchev–Trinajstić information content (AvgIpc) is 2.87. The predicted molar refractivity (Wildman–Crippen MR) is 56.5 cm³/mol. The molecule has 1 heteroatoms. The zero-order chi connectivity index (χ0) is 9.15. The van der Waals surface area contributed by atoms with E-state index in [-0.39, 0.29) is 0 Å². The summed E-state index contributed by atoms with van der Waals surface area (Å²) in [5, 5.41) is 0. The van der Waals surface area contributed by atoms with Crippen LogP contribution in [0, 0.1) is 11.3 Å². The van der Waals surface area contributed by atoms with E-state index >= 15 is 0 Å². The lowest BCUT2D eigenvalue weighted by Crippen LogP contribution is -2.16. The van der Waals surface area contributed by atoms with Gasteiger partial charge >= 0.3 is 0 Å². The van der Waals surface area contributed by atoms with Crippen LogP contribution >= 0.6 is 0 Å². The molecule has 0 unspecified atom stereocenters. The Bertz CT molecular complexity index is 155. The van der Waals surface area contributed by atoms with Crippen LogP contribution in [-0.4, -0.2) is 6.54 Å². The highest BCUT2D eigenvalue weighted by Crippen LogP contribution is 2.54. The highest BCUT2D eigenvalue weighted by Gasteiger charge is 2.42. The van der Waals surface area contributed by atoms with Gasteiger partial charge in [0.2, 0.25) is 0 Å². The summed E-state index contributed by atoms with van der Waals surface area (Å²) >= 11 is 0. The molecule has 0 atom stereocenters. The lowest BCUT2D eigenvalue weighted by atomic mass is 9.80. The molecule has 0 aliphatic heterocycles. The van der Waals surface area contributed by atoms with Crippen molar-refractivity contribution >= 4 is 0 Å². The molecule has 2 rings (SSSR count). The third-order valence-electron chi connectivity index (χ3n) is 4.08. The second-order valence-corrected chi connectivity index (χ2v) is 5.25. The van der Waals surface area contributed by atoms with E-state index in [1.807, 2.05) is 0 Å². The van der Waals surface area contributed by atoms with Gasteiger partial charge in [0.25, 0.3) is 0 Å². The molecule has 0 aromatic heterocycles. The van der Waals surface area contributed by atoms with Gasteiger partial charge in [0.05, 0.1) is 0 Å². The fourth-order valence-corrected chi connectivity index (χ4v) is 3.04. The molecule has 0 heterocycles. The minimum absolute atomic E-state index is 0.733. The molecule has 76 valence electrons. The average molecular weight is 181 g/mol. The van der Waals surface area contributed by atoms with Gasteiger partial charge < -0.3 is 5.73 Å². The van der Waals surface area contributed by atoms with Crippen molar-refractivity contribution in [1.82, 2.24) is 0 Å². The summed E-state index contributed by atoms with van der Waals surface area (Å²) in [6, 6.07) is 0. The third-order valence-corrected chi connectivity index (χ3v) is 4.08. The van der Waals surface area contributed by atoms with Crippen LogP contribution in [-0.2, 0) is 0 Å². The summed E-state index contributed by atoms with van der Waals surface area (Å²) in [6.07, 6.45) is 13.2. The fourth-order valence-electron chi connectivity index (χ4n) is 3.04. The van der Waals surface area contributed by atoms with Crippen molar-refractivity contribution in [3.8, 4) is 0 Å². The van der Waals surface area contributed by atoms with Gasteiger partial charge in [0.1, 0.15) is 0 Å². The van der Waals surface area contributed by atoms with Crippen molar-refractivity contribution in [1.29, 1.82) is 0 Å². The Morgan fingerprint density at radius 1 is 1.08 bits per heavy atom. The first-order chi connectivity index (χ1) is 6.35. The zero-order valence-corrected chi connectivity index (χ0v) is 8.73. The van der Waals surface area contributed by atoms with Crippen LogP contribution in [0.5, 0.6) is 0 Å². The van der Waals surface area contributed by atoms with Crippen LogP contribution in [0.1, 0.15) is 57.8 Å². The Morgan fingerprint density at radius 2 is 1.77 bits per heavy atom. The van der Waals surface area contributed by atoms with E-state index < -0.39 is 0 Å². The van der Waals surface area contributed by atoms with E-state index in [1.165, 1.54) is 57.8 Å².